The molecule has 0 spiro atoms. The molecule has 104 valence electrons. The monoisotopic (exact) mass is 266 g/mol. The van der Waals surface area contributed by atoms with Crippen LogP contribution < -0.4 is 0 Å². The number of carbonyl (C=O) groups excluding carboxylic acids is 1. The van der Waals surface area contributed by atoms with Crippen LogP contribution in [-0.2, 0) is 4.79 Å². The first-order valence-corrected chi connectivity index (χ1v) is 5.71. The summed E-state index contributed by atoms with van der Waals surface area (Å²) in [6.45, 7) is 6.25. The van der Waals surface area contributed by atoms with Crippen LogP contribution in [-0.4, -0.2) is 33.6 Å². The standard InChI is InChI=1S/C11H17F3N2O2/c1-6(2)8-5-10(18,11(12,13)14)16(15-8)9(17)7(3)4/h6-7,18H,5H2,1-4H3/t10-/m0/s1. The van der Waals surface area contributed by atoms with Crippen molar-refractivity contribution in [1.29, 1.82) is 0 Å². The molecule has 0 aliphatic carbocycles. The van der Waals surface area contributed by atoms with Crippen molar-refractivity contribution in [2.45, 2.75) is 46.0 Å². The number of carbonyl (C=O) groups is 1. The molecule has 1 amide bonds. The van der Waals surface area contributed by atoms with Gasteiger partial charge in [0.25, 0.3) is 5.72 Å². The fraction of sp³-hybridized carbons (Fsp3) is 0.818. The van der Waals surface area contributed by atoms with Gasteiger partial charge in [-0.25, -0.2) is 0 Å². The van der Waals surface area contributed by atoms with E-state index in [2.05, 4.69) is 5.10 Å². The molecule has 1 heterocycles. The van der Waals surface area contributed by atoms with Crippen molar-refractivity contribution in [3.05, 3.63) is 0 Å². The van der Waals surface area contributed by atoms with Crippen LogP contribution in [0.4, 0.5) is 13.2 Å². The Bertz CT molecular complexity index is 377. The third kappa shape index (κ3) is 2.36. The van der Waals surface area contributed by atoms with Crippen molar-refractivity contribution >= 4 is 11.6 Å². The lowest BCUT2D eigenvalue weighted by Gasteiger charge is -2.33. The van der Waals surface area contributed by atoms with Gasteiger partial charge in [-0.3, -0.25) is 4.79 Å². The SMILES string of the molecule is CC(C)C(=O)N1N=C(C(C)C)C[C@]1(O)C(F)(F)F. The lowest BCUT2D eigenvalue weighted by molar-refractivity contribution is -0.303. The maximum absolute atomic E-state index is 12.9. The van der Waals surface area contributed by atoms with E-state index in [1.807, 2.05) is 0 Å². The molecule has 0 radical (unpaired) electrons. The molecule has 0 fully saturated rings. The molecule has 0 saturated heterocycles. The molecule has 0 aromatic carbocycles. The first-order valence-electron chi connectivity index (χ1n) is 5.71. The molecule has 1 aliphatic heterocycles. The van der Waals surface area contributed by atoms with Gasteiger partial charge in [0, 0.05) is 18.1 Å². The normalized spacial score (nSPS) is 25.0. The molecule has 1 N–H and O–H groups in total. The van der Waals surface area contributed by atoms with Crippen molar-refractivity contribution in [3.63, 3.8) is 0 Å². The molecule has 18 heavy (non-hydrogen) atoms. The number of alkyl halides is 3. The second kappa shape index (κ2) is 4.53. The second-order valence-electron chi connectivity index (χ2n) is 5.04. The van der Waals surface area contributed by atoms with Crippen molar-refractivity contribution in [3.8, 4) is 0 Å². The van der Waals surface area contributed by atoms with Crippen LogP contribution in [0.15, 0.2) is 5.10 Å². The van der Waals surface area contributed by atoms with Gasteiger partial charge in [-0.2, -0.15) is 23.3 Å². The van der Waals surface area contributed by atoms with Gasteiger partial charge in [0.05, 0.1) is 0 Å². The fourth-order valence-corrected chi connectivity index (χ4v) is 1.59. The van der Waals surface area contributed by atoms with E-state index in [9.17, 15) is 23.1 Å². The number of nitrogens with zero attached hydrogens (tertiary/aromatic N) is 2. The van der Waals surface area contributed by atoms with E-state index < -0.39 is 30.1 Å². The van der Waals surface area contributed by atoms with E-state index in [0.717, 1.165) is 0 Å². The zero-order valence-corrected chi connectivity index (χ0v) is 10.7. The Morgan fingerprint density at radius 2 is 1.89 bits per heavy atom. The first-order chi connectivity index (χ1) is 8.00. The third-order valence-corrected chi connectivity index (χ3v) is 2.83. The number of halogens is 3. The van der Waals surface area contributed by atoms with Gasteiger partial charge in [-0.05, 0) is 5.92 Å². The summed E-state index contributed by atoms with van der Waals surface area (Å²) < 4.78 is 38.8. The van der Waals surface area contributed by atoms with E-state index in [0.29, 0.717) is 0 Å². The fourth-order valence-electron chi connectivity index (χ4n) is 1.59. The average molecular weight is 266 g/mol. The summed E-state index contributed by atoms with van der Waals surface area (Å²) in [6, 6.07) is 0. The minimum absolute atomic E-state index is 0.170. The van der Waals surface area contributed by atoms with Crippen LogP contribution in [0.1, 0.15) is 34.1 Å². The zero-order chi connectivity index (χ0) is 14.3. The molecular weight excluding hydrogens is 249 g/mol. The van der Waals surface area contributed by atoms with Gasteiger partial charge in [-0.1, -0.05) is 27.7 Å². The zero-order valence-electron chi connectivity index (χ0n) is 10.7. The second-order valence-corrected chi connectivity index (χ2v) is 5.04. The molecule has 0 unspecified atom stereocenters. The lowest BCUT2D eigenvalue weighted by atomic mass is 9.98. The molecule has 1 rings (SSSR count). The average Bonchev–Trinajstić information content (AvgIpc) is 2.55. The topological polar surface area (TPSA) is 52.9 Å². The Labute approximate surface area is 103 Å². The van der Waals surface area contributed by atoms with E-state index in [4.69, 9.17) is 0 Å². The number of hydrazone groups is 1. The van der Waals surface area contributed by atoms with Crippen LogP contribution in [0.5, 0.6) is 0 Å². The molecule has 0 saturated carbocycles. The summed E-state index contributed by atoms with van der Waals surface area (Å²) in [7, 11) is 0. The van der Waals surface area contributed by atoms with Gasteiger partial charge in [-0.15, -0.1) is 0 Å². The molecule has 7 heteroatoms. The van der Waals surface area contributed by atoms with Crippen LogP contribution >= 0.6 is 0 Å². The Balaban J connectivity index is 3.18. The Hall–Kier alpha value is -1.11. The van der Waals surface area contributed by atoms with E-state index in [1.54, 1.807) is 13.8 Å². The summed E-state index contributed by atoms with van der Waals surface area (Å²) in [6.07, 6.45) is -5.62. The largest absolute Gasteiger partial charge is 0.438 e. The molecule has 4 nitrogen and oxygen atoms in total. The van der Waals surface area contributed by atoms with E-state index in [-0.39, 0.29) is 16.6 Å². The number of hydrogen-bond donors (Lipinski definition) is 1. The number of rotatable bonds is 2. The molecule has 1 aliphatic rings. The summed E-state index contributed by atoms with van der Waals surface area (Å²) in [5.41, 5.74) is -3.04. The molecule has 0 bridgehead atoms. The molecular formula is C11H17F3N2O2. The summed E-state index contributed by atoms with van der Waals surface area (Å²) >= 11 is 0. The maximum atomic E-state index is 12.9. The highest BCUT2D eigenvalue weighted by atomic mass is 19.4. The van der Waals surface area contributed by atoms with Crippen LogP contribution in [0.3, 0.4) is 0 Å². The Morgan fingerprint density at radius 1 is 1.39 bits per heavy atom. The van der Waals surface area contributed by atoms with Gasteiger partial charge in [0.15, 0.2) is 0 Å². The molecule has 1 atom stereocenters. The summed E-state index contributed by atoms with van der Waals surface area (Å²) in [5.74, 6) is -1.77. The number of hydrogen-bond acceptors (Lipinski definition) is 3. The van der Waals surface area contributed by atoms with Crippen LogP contribution in [0.2, 0.25) is 0 Å². The van der Waals surface area contributed by atoms with E-state index in [1.165, 1.54) is 13.8 Å². The third-order valence-electron chi connectivity index (χ3n) is 2.83. The highest BCUT2D eigenvalue weighted by molar-refractivity contribution is 5.92. The van der Waals surface area contributed by atoms with Gasteiger partial charge in [0.2, 0.25) is 5.91 Å². The Kier molecular flexibility index (Phi) is 3.76. The van der Waals surface area contributed by atoms with Gasteiger partial charge < -0.3 is 5.11 Å². The summed E-state index contributed by atoms with van der Waals surface area (Å²) in [5, 5.41) is 13.6. The van der Waals surface area contributed by atoms with Crippen molar-refractivity contribution < 1.29 is 23.1 Å². The van der Waals surface area contributed by atoms with Crippen molar-refractivity contribution in [2.24, 2.45) is 16.9 Å². The minimum atomic E-state index is -4.93. The molecule has 0 aromatic rings. The van der Waals surface area contributed by atoms with Crippen LogP contribution in [0.25, 0.3) is 0 Å². The first kappa shape index (κ1) is 14.9. The van der Waals surface area contributed by atoms with Crippen LogP contribution in [0, 0.1) is 11.8 Å². The smallest absolute Gasteiger partial charge is 0.362 e. The lowest BCUT2D eigenvalue weighted by Crippen LogP contribution is -2.57. The predicted octanol–water partition coefficient (Wildman–Crippen LogP) is 2.14. The predicted molar refractivity (Wildman–Crippen MR) is 59.6 cm³/mol. The van der Waals surface area contributed by atoms with E-state index >= 15 is 0 Å². The van der Waals surface area contributed by atoms with Gasteiger partial charge >= 0.3 is 6.18 Å². The van der Waals surface area contributed by atoms with Crippen molar-refractivity contribution in [2.75, 3.05) is 0 Å². The number of amides is 1. The highest BCUT2D eigenvalue weighted by Crippen LogP contribution is 2.41. The quantitative estimate of drug-likeness (QED) is 0.832. The number of aliphatic hydroxyl groups is 1. The Morgan fingerprint density at radius 3 is 2.22 bits per heavy atom. The highest BCUT2D eigenvalue weighted by Gasteiger charge is 2.63. The molecule has 0 aromatic heterocycles. The van der Waals surface area contributed by atoms with Gasteiger partial charge in [0.1, 0.15) is 0 Å². The minimum Gasteiger partial charge on any atom is -0.362 e. The van der Waals surface area contributed by atoms with Crippen molar-refractivity contribution in [1.82, 2.24) is 5.01 Å². The maximum Gasteiger partial charge on any atom is 0.438 e. The summed E-state index contributed by atoms with van der Waals surface area (Å²) in [4.78, 5) is 11.7.